The van der Waals surface area contributed by atoms with Crippen molar-refractivity contribution in [2.75, 3.05) is 24.8 Å². The van der Waals surface area contributed by atoms with Gasteiger partial charge in [-0.3, -0.25) is 0 Å². The fourth-order valence-corrected chi connectivity index (χ4v) is 1.94. The van der Waals surface area contributed by atoms with E-state index in [-0.39, 0.29) is 0 Å². The molecule has 0 spiro atoms. The normalized spacial score (nSPS) is 10.3. The Labute approximate surface area is 119 Å². The quantitative estimate of drug-likeness (QED) is 0.904. The van der Waals surface area contributed by atoms with Crippen LogP contribution in [0.4, 0.5) is 11.6 Å². The lowest BCUT2D eigenvalue weighted by atomic mass is 10.2. The van der Waals surface area contributed by atoms with Crippen molar-refractivity contribution >= 4 is 11.6 Å². The van der Waals surface area contributed by atoms with Crippen molar-refractivity contribution in [3.05, 3.63) is 41.7 Å². The van der Waals surface area contributed by atoms with E-state index in [1.54, 1.807) is 13.2 Å². The second-order valence-electron chi connectivity index (χ2n) is 4.62. The van der Waals surface area contributed by atoms with E-state index < -0.39 is 0 Å². The van der Waals surface area contributed by atoms with Crippen LogP contribution in [0, 0.1) is 0 Å². The number of aromatic nitrogens is 2. The number of nitrogens with zero attached hydrogens (tertiary/aromatic N) is 3. The maximum atomic E-state index is 5.81. The highest BCUT2D eigenvalue weighted by atomic mass is 16.5. The van der Waals surface area contributed by atoms with Gasteiger partial charge < -0.3 is 15.4 Å². The Morgan fingerprint density at radius 1 is 1.20 bits per heavy atom. The molecule has 20 heavy (non-hydrogen) atoms. The van der Waals surface area contributed by atoms with Crippen LogP contribution < -0.4 is 15.4 Å². The molecule has 2 rings (SSSR count). The summed E-state index contributed by atoms with van der Waals surface area (Å²) in [6, 6.07) is 9.79. The standard InChI is InChI=1S/C15H20N4O/c1-4-14-17-13(16)9-15(18-14)19(2)10-11-5-7-12(20-3)8-6-11/h5-9H,4,10H2,1-3H3,(H2,16,17,18). The van der Waals surface area contributed by atoms with Gasteiger partial charge in [0.25, 0.3) is 0 Å². The average molecular weight is 272 g/mol. The topological polar surface area (TPSA) is 64.3 Å². The first-order chi connectivity index (χ1) is 9.62. The van der Waals surface area contributed by atoms with Gasteiger partial charge >= 0.3 is 0 Å². The third-order valence-electron chi connectivity index (χ3n) is 3.06. The lowest BCUT2D eigenvalue weighted by Gasteiger charge is -2.19. The molecule has 0 radical (unpaired) electrons. The number of hydrogen-bond donors (Lipinski definition) is 1. The summed E-state index contributed by atoms with van der Waals surface area (Å²) in [6.45, 7) is 2.77. The van der Waals surface area contributed by atoms with Crippen LogP contribution in [0.1, 0.15) is 18.3 Å². The second-order valence-corrected chi connectivity index (χ2v) is 4.62. The van der Waals surface area contributed by atoms with Crippen molar-refractivity contribution in [3.8, 4) is 5.75 Å². The molecule has 1 aromatic heterocycles. The summed E-state index contributed by atoms with van der Waals surface area (Å²) in [5.74, 6) is 2.97. The van der Waals surface area contributed by atoms with Crippen molar-refractivity contribution in [2.24, 2.45) is 0 Å². The Morgan fingerprint density at radius 3 is 2.50 bits per heavy atom. The molecule has 106 valence electrons. The highest BCUT2D eigenvalue weighted by molar-refractivity contribution is 5.47. The number of benzene rings is 1. The minimum absolute atomic E-state index is 0.508. The van der Waals surface area contributed by atoms with Gasteiger partial charge in [-0.15, -0.1) is 0 Å². The Kier molecular flexibility index (Phi) is 4.40. The van der Waals surface area contributed by atoms with Crippen molar-refractivity contribution in [1.82, 2.24) is 9.97 Å². The van der Waals surface area contributed by atoms with Crippen LogP contribution in [0.3, 0.4) is 0 Å². The summed E-state index contributed by atoms with van der Waals surface area (Å²) in [5, 5.41) is 0. The predicted molar refractivity (Wildman–Crippen MR) is 80.9 cm³/mol. The van der Waals surface area contributed by atoms with E-state index in [9.17, 15) is 0 Å². The molecule has 0 aliphatic rings. The predicted octanol–water partition coefficient (Wildman–Crippen LogP) is 2.27. The number of nitrogen functional groups attached to an aromatic ring is 1. The third kappa shape index (κ3) is 3.38. The number of hydrogen-bond acceptors (Lipinski definition) is 5. The lowest BCUT2D eigenvalue weighted by molar-refractivity contribution is 0.414. The summed E-state index contributed by atoms with van der Waals surface area (Å²) in [5.41, 5.74) is 6.99. The minimum Gasteiger partial charge on any atom is -0.497 e. The number of aryl methyl sites for hydroxylation is 1. The molecule has 5 heteroatoms. The molecule has 0 saturated carbocycles. The van der Waals surface area contributed by atoms with Crippen LogP contribution >= 0.6 is 0 Å². The van der Waals surface area contributed by atoms with Gasteiger partial charge in [-0.05, 0) is 17.7 Å². The van der Waals surface area contributed by atoms with E-state index in [2.05, 4.69) is 14.9 Å². The van der Waals surface area contributed by atoms with Crippen LogP contribution in [-0.2, 0) is 13.0 Å². The molecular formula is C15H20N4O. The fraction of sp³-hybridized carbons (Fsp3) is 0.333. The molecule has 5 nitrogen and oxygen atoms in total. The molecular weight excluding hydrogens is 252 g/mol. The summed E-state index contributed by atoms with van der Waals surface area (Å²) >= 11 is 0. The zero-order valence-corrected chi connectivity index (χ0v) is 12.1. The zero-order chi connectivity index (χ0) is 14.5. The summed E-state index contributed by atoms with van der Waals surface area (Å²) in [6.07, 6.45) is 0.772. The first-order valence-electron chi connectivity index (χ1n) is 6.60. The van der Waals surface area contributed by atoms with Gasteiger partial charge in [-0.25, -0.2) is 9.97 Å². The number of methoxy groups -OCH3 is 1. The molecule has 1 heterocycles. The van der Waals surface area contributed by atoms with E-state index in [4.69, 9.17) is 10.5 Å². The maximum absolute atomic E-state index is 5.81. The number of anilines is 2. The first-order valence-corrected chi connectivity index (χ1v) is 6.60. The van der Waals surface area contributed by atoms with E-state index in [1.165, 1.54) is 5.56 Å². The van der Waals surface area contributed by atoms with Gasteiger partial charge in [-0.1, -0.05) is 19.1 Å². The SMILES string of the molecule is CCc1nc(N)cc(N(C)Cc2ccc(OC)cc2)n1. The van der Waals surface area contributed by atoms with Crippen LogP contribution in [0.25, 0.3) is 0 Å². The largest absolute Gasteiger partial charge is 0.497 e. The van der Waals surface area contributed by atoms with E-state index in [0.29, 0.717) is 5.82 Å². The Balaban J connectivity index is 2.14. The van der Waals surface area contributed by atoms with E-state index in [0.717, 1.165) is 30.4 Å². The molecule has 0 aliphatic heterocycles. The van der Waals surface area contributed by atoms with Crippen LogP contribution in [0.5, 0.6) is 5.75 Å². The van der Waals surface area contributed by atoms with Gasteiger partial charge in [0.1, 0.15) is 23.2 Å². The Hall–Kier alpha value is -2.30. The average Bonchev–Trinajstić information content (AvgIpc) is 2.47. The van der Waals surface area contributed by atoms with Crippen LogP contribution in [-0.4, -0.2) is 24.1 Å². The minimum atomic E-state index is 0.508. The molecule has 0 saturated heterocycles. The number of rotatable bonds is 5. The van der Waals surface area contributed by atoms with E-state index in [1.807, 2.05) is 38.2 Å². The summed E-state index contributed by atoms with van der Waals surface area (Å²) < 4.78 is 5.15. The van der Waals surface area contributed by atoms with Crippen molar-refractivity contribution in [3.63, 3.8) is 0 Å². The van der Waals surface area contributed by atoms with Crippen LogP contribution in [0.2, 0.25) is 0 Å². The van der Waals surface area contributed by atoms with Crippen LogP contribution in [0.15, 0.2) is 30.3 Å². The van der Waals surface area contributed by atoms with Gasteiger partial charge in [0.15, 0.2) is 0 Å². The number of nitrogens with two attached hydrogens (primary N) is 1. The van der Waals surface area contributed by atoms with Crippen molar-refractivity contribution in [2.45, 2.75) is 19.9 Å². The summed E-state index contributed by atoms with van der Waals surface area (Å²) in [7, 11) is 3.66. The maximum Gasteiger partial charge on any atom is 0.134 e. The van der Waals surface area contributed by atoms with Gasteiger partial charge in [0.2, 0.25) is 0 Å². The van der Waals surface area contributed by atoms with E-state index >= 15 is 0 Å². The smallest absolute Gasteiger partial charge is 0.134 e. The zero-order valence-electron chi connectivity index (χ0n) is 12.1. The van der Waals surface area contributed by atoms with Gasteiger partial charge in [0.05, 0.1) is 7.11 Å². The summed E-state index contributed by atoms with van der Waals surface area (Å²) in [4.78, 5) is 10.7. The van der Waals surface area contributed by atoms with Crippen molar-refractivity contribution < 1.29 is 4.74 Å². The van der Waals surface area contributed by atoms with Gasteiger partial charge in [-0.2, -0.15) is 0 Å². The van der Waals surface area contributed by atoms with Crippen molar-refractivity contribution in [1.29, 1.82) is 0 Å². The molecule has 2 N–H and O–H groups in total. The lowest BCUT2D eigenvalue weighted by Crippen LogP contribution is -2.19. The molecule has 0 bridgehead atoms. The highest BCUT2D eigenvalue weighted by Gasteiger charge is 2.07. The molecule has 0 fully saturated rings. The molecule has 0 unspecified atom stereocenters. The highest BCUT2D eigenvalue weighted by Crippen LogP contribution is 2.17. The monoisotopic (exact) mass is 272 g/mol. The fourth-order valence-electron chi connectivity index (χ4n) is 1.94. The van der Waals surface area contributed by atoms with Gasteiger partial charge in [0, 0.05) is 26.1 Å². The first kappa shape index (κ1) is 14.1. The molecule has 0 atom stereocenters. The number of ether oxygens (including phenoxy) is 1. The Bertz CT molecular complexity index is 569. The molecule has 0 aliphatic carbocycles. The second kappa shape index (κ2) is 6.23. The Morgan fingerprint density at radius 2 is 1.90 bits per heavy atom. The molecule has 2 aromatic rings. The third-order valence-corrected chi connectivity index (χ3v) is 3.06. The molecule has 0 amide bonds. The molecule has 1 aromatic carbocycles.